The molecule has 2 aromatic rings. The molecule has 2 amide bonds. The van der Waals surface area contributed by atoms with Gasteiger partial charge in [-0.1, -0.05) is 62.2 Å². The van der Waals surface area contributed by atoms with Gasteiger partial charge in [-0.15, -0.1) is 0 Å². The molecule has 2 aromatic carbocycles. The number of benzene rings is 2. The lowest BCUT2D eigenvalue weighted by Gasteiger charge is -2.28. The summed E-state index contributed by atoms with van der Waals surface area (Å²) in [4.78, 5) is 29.6. The number of amides is 2. The zero-order valence-electron chi connectivity index (χ0n) is 19.8. The van der Waals surface area contributed by atoms with Crippen molar-refractivity contribution in [1.29, 1.82) is 0 Å². The molecule has 6 heteroatoms. The number of aliphatic hydroxyl groups excluding tert-OH is 1. The monoisotopic (exact) mass is 462 g/mol. The molecule has 0 unspecified atom stereocenters. The predicted octanol–water partition coefficient (Wildman–Crippen LogP) is 4.29. The van der Waals surface area contributed by atoms with Crippen molar-refractivity contribution in [3.05, 3.63) is 71.8 Å². The summed E-state index contributed by atoms with van der Waals surface area (Å²) in [6.45, 7) is 2.92. The molecule has 180 valence electrons. The molecule has 6 nitrogen and oxygen atoms in total. The van der Waals surface area contributed by atoms with Crippen LogP contribution in [0.1, 0.15) is 56.6 Å². The standard InChI is InChI=1S/C28H34N2O4/c1-21(10-7-9-19-31)28(34)24-11-5-6-12-25(24)30(27(28)33)20-22-14-16-23(17-15-22)29-18-8-3-2-4-13-26(29)32/h5-7,10-12,14-17,21,31,34H,2-4,8-9,13,18-20H2,1H3/b10-7+/t21-,28+/m0/s1. The molecule has 2 atom stereocenters. The maximum Gasteiger partial charge on any atom is 0.264 e. The largest absolute Gasteiger partial charge is 0.396 e. The third kappa shape index (κ3) is 4.65. The molecule has 1 saturated heterocycles. The summed E-state index contributed by atoms with van der Waals surface area (Å²) in [6.07, 6.45) is 8.88. The number of hydrogen-bond donors (Lipinski definition) is 2. The van der Waals surface area contributed by atoms with Crippen molar-refractivity contribution in [3.8, 4) is 0 Å². The van der Waals surface area contributed by atoms with E-state index < -0.39 is 11.5 Å². The van der Waals surface area contributed by atoms with Crippen LogP contribution >= 0.6 is 0 Å². The van der Waals surface area contributed by atoms with Gasteiger partial charge in [0.25, 0.3) is 5.91 Å². The Labute approximate surface area is 201 Å². The van der Waals surface area contributed by atoms with E-state index in [2.05, 4.69) is 0 Å². The van der Waals surface area contributed by atoms with Gasteiger partial charge < -0.3 is 20.0 Å². The van der Waals surface area contributed by atoms with E-state index in [9.17, 15) is 14.7 Å². The van der Waals surface area contributed by atoms with E-state index in [1.165, 1.54) is 0 Å². The molecular weight excluding hydrogens is 428 g/mol. The average molecular weight is 463 g/mol. The number of anilines is 2. The summed E-state index contributed by atoms with van der Waals surface area (Å²) in [6, 6.07) is 15.2. The van der Waals surface area contributed by atoms with Gasteiger partial charge in [0.1, 0.15) is 0 Å². The zero-order valence-corrected chi connectivity index (χ0v) is 19.8. The first-order chi connectivity index (χ1) is 16.5. The van der Waals surface area contributed by atoms with Gasteiger partial charge in [-0.3, -0.25) is 9.59 Å². The van der Waals surface area contributed by atoms with Crippen molar-refractivity contribution in [2.75, 3.05) is 23.0 Å². The molecule has 1 fully saturated rings. The smallest absolute Gasteiger partial charge is 0.264 e. The van der Waals surface area contributed by atoms with Crippen LogP contribution in [0, 0.1) is 5.92 Å². The van der Waals surface area contributed by atoms with Gasteiger partial charge in [0, 0.05) is 36.7 Å². The van der Waals surface area contributed by atoms with Gasteiger partial charge in [0.05, 0.1) is 12.2 Å². The zero-order chi connectivity index (χ0) is 24.1. The van der Waals surface area contributed by atoms with Gasteiger partial charge in [-0.2, -0.15) is 0 Å². The van der Waals surface area contributed by atoms with E-state index in [0.717, 1.165) is 43.5 Å². The van der Waals surface area contributed by atoms with Crippen molar-refractivity contribution in [2.24, 2.45) is 5.92 Å². The second kappa shape index (κ2) is 10.5. The minimum absolute atomic E-state index is 0.0251. The first kappa shape index (κ1) is 24.2. The van der Waals surface area contributed by atoms with Crippen molar-refractivity contribution >= 4 is 23.2 Å². The highest BCUT2D eigenvalue weighted by molar-refractivity contribution is 6.07. The topological polar surface area (TPSA) is 81.1 Å². The normalized spacial score (nSPS) is 22.1. The third-order valence-corrected chi connectivity index (χ3v) is 6.97. The number of fused-ring (bicyclic) bond motifs is 1. The summed E-state index contributed by atoms with van der Waals surface area (Å²) in [7, 11) is 0. The maximum atomic E-state index is 13.5. The fourth-order valence-corrected chi connectivity index (χ4v) is 4.97. The van der Waals surface area contributed by atoms with Gasteiger partial charge >= 0.3 is 0 Å². The van der Waals surface area contributed by atoms with Crippen LogP contribution in [0.3, 0.4) is 0 Å². The fraction of sp³-hybridized carbons (Fsp3) is 0.429. The van der Waals surface area contributed by atoms with Crippen molar-refractivity contribution < 1.29 is 19.8 Å². The van der Waals surface area contributed by atoms with E-state index in [-0.39, 0.29) is 18.4 Å². The second-order valence-corrected chi connectivity index (χ2v) is 9.28. The lowest BCUT2D eigenvalue weighted by molar-refractivity contribution is -0.139. The Morgan fingerprint density at radius 3 is 2.53 bits per heavy atom. The molecule has 0 saturated carbocycles. The van der Waals surface area contributed by atoms with Gasteiger partial charge in [0.2, 0.25) is 5.91 Å². The Kier molecular flexibility index (Phi) is 7.49. The SMILES string of the molecule is C[C@@H](/C=C/CCO)[C@]1(O)C(=O)N(Cc2ccc(N3CCCCCCC3=O)cc2)c2ccccc21. The maximum absolute atomic E-state index is 13.5. The van der Waals surface area contributed by atoms with Crippen LogP contribution in [0.4, 0.5) is 11.4 Å². The molecule has 4 rings (SSSR count). The van der Waals surface area contributed by atoms with Gasteiger partial charge in [-0.25, -0.2) is 0 Å². The van der Waals surface area contributed by atoms with Crippen molar-refractivity contribution in [3.63, 3.8) is 0 Å². The van der Waals surface area contributed by atoms with E-state index >= 15 is 0 Å². The number of carbonyl (C=O) groups excluding carboxylic acids is 2. The Morgan fingerprint density at radius 2 is 1.76 bits per heavy atom. The van der Waals surface area contributed by atoms with E-state index in [1.54, 1.807) is 23.1 Å². The third-order valence-electron chi connectivity index (χ3n) is 6.97. The number of hydrogen-bond acceptors (Lipinski definition) is 4. The van der Waals surface area contributed by atoms with E-state index in [1.807, 2.05) is 54.3 Å². The first-order valence-corrected chi connectivity index (χ1v) is 12.3. The Bertz CT molecular complexity index is 1050. The molecule has 0 spiro atoms. The van der Waals surface area contributed by atoms with Gasteiger partial charge in [0.15, 0.2) is 5.60 Å². The van der Waals surface area contributed by atoms with E-state index in [4.69, 9.17) is 5.11 Å². The van der Waals surface area contributed by atoms with Crippen LogP contribution in [-0.4, -0.2) is 35.2 Å². The van der Waals surface area contributed by atoms with Crippen LogP contribution in [0.25, 0.3) is 0 Å². The van der Waals surface area contributed by atoms with Gasteiger partial charge in [-0.05, 0) is 43.0 Å². The quantitative estimate of drug-likeness (QED) is 0.602. The minimum atomic E-state index is -1.65. The molecular formula is C28H34N2O4. The first-order valence-electron chi connectivity index (χ1n) is 12.3. The molecule has 0 bridgehead atoms. The minimum Gasteiger partial charge on any atom is -0.396 e. The van der Waals surface area contributed by atoms with Crippen LogP contribution < -0.4 is 9.80 Å². The summed E-state index contributed by atoms with van der Waals surface area (Å²) < 4.78 is 0. The predicted molar refractivity (Wildman–Crippen MR) is 133 cm³/mol. The molecule has 0 radical (unpaired) electrons. The number of para-hydroxylation sites is 1. The van der Waals surface area contributed by atoms with Crippen LogP contribution in [0.2, 0.25) is 0 Å². The molecule has 2 heterocycles. The molecule has 34 heavy (non-hydrogen) atoms. The summed E-state index contributed by atoms with van der Waals surface area (Å²) >= 11 is 0. The summed E-state index contributed by atoms with van der Waals surface area (Å²) in [5, 5.41) is 20.6. The lowest BCUT2D eigenvalue weighted by Crippen LogP contribution is -2.44. The molecule has 0 aliphatic carbocycles. The number of nitrogens with zero attached hydrogens (tertiary/aromatic N) is 2. The van der Waals surface area contributed by atoms with Crippen LogP contribution in [0.15, 0.2) is 60.7 Å². The number of aliphatic hydroxyl groups is 2. The molecule has 0 aromatic heterocycles. The second-order valence-electron chi connectivity index (χ2n) is 9.28. The summed E-state index contributed by atoms with van der Waals surface area (Å²) in [5.74, 6) is -0.625. The average Bonchev–Trinajstić information content (AvgIpc) is 3.05. The number of carbonyl (C=O) groups is 2. The number of rotatable bonds is 7. The Morgan fingerprint density at radius 1 is 1.03 bits per heavy atom. The molecule has 2 aliphatic heterocycles. The van der Waals surface area contributed by atoms with E-state index in [0.29, 0.717) is 30.6 Å². The Hall–Kier alpha value is -2.96. The Balaban J connectivity index is 1.56. The summed E-state index contributed by atoms with van der Waals surface area (Å²) in [5.41, 5.74) is 1.48. The van der Waals surface area contributed by atoms with Crippen molar-refractivity contribution in [2.45, 2.75) is 57.6 Å². The molecule has 2 aliphatic rings. The fourth-order valence-electron chi connectivity index (χ4n) is 4.97. The molecule has 2 N–H and O–H groups in total. The van der Waals surface area contributed by atoms with Crippen LogP contribution in [0.5, 0.6) is 0 Å². The lowest BCUT2D eigenvalue weighted by atomic mass is 9.83. The van der Waals surface area contributed by atoms with Crippen molar-refractivity contribution in [1.82, 2.24) is 0 Å². The highest BCUT2D eigenvalue weighted by atomic mass is 16.3. The highest BCUT2D eigenvalue weighted by Gasteiger charge is 2.52. The van der Waals surface area contributed by atoms with Crippen LogP contribution in [-0.2, 0) is 21.7 Å². The highest BCUT2D eigenvalue weighted by Crippen LogP contribution is 2.45.